The molecule has 7 heteroatoms. The molecular formula is C16H26N4O3. The minimum atomic E-state index is -0.676. The summed E-state index contributed by atoms with van der Waals surface area (Å²) >= 11 is 0. The van der Waals surface area contributed by atoms with Crippen LogP contribution in [0.3, 0.4) is 0 Å². The molecule has 128 valence electrons. The monoisotopic (exact) mass is 322 g/mol. The van der Waals surface area contributed by atoms with Crippen molar-refractivity contribution in [3.8, 4) is 0 Å². The first kappa shape index (κ1) is 17.8. The molecule has 1 saturated heterocycles. The Morgan fingerprint density at radius 2 is 2.04 bits per heavy atom. The maximum Gasteiger partial charge on any atom is 0.165 e. The van der Waals surface area contributed by atoms with E-state index in [1.807, 2.05) is 25.3 Å². The van der Waals surface area contributed by atoms with Crippen LogP contribution in [0.5, 0.6) is 0 Å². The zero-order valence-electron chi connectivity index (χ0n) is 14.4. The summed E-state index contributed by atoms with van der Waals surface area (Å²) < 4.78 is 7.49. The summed E-state index contributed by atoms with van der Waals surface area (Å²) in [4.78, 5) is 13.3. The molecule has 3 unspecified atom stereocenters. The molecule has 2 aromatic heterocycles. The number of aromatic nitrogens is 4. The summed E-state index contributed by atoms with van der Waals surface area (Å²) in [7, 11) is 0. The Labute approximate surface area is 136 Å². The average Bonchev–Trinajstić information content (AvgIpc) is 3.11. The van der Waals surface area contributed by atoms with Gasteiger partial charge in [0.05, 0.1) is 24.7 Å². The largest absolute Gasteiger partial charge is 0.394 e. The van der Waals surface area contributed by atoms with Crippen molar-refractivity contribution in [1.29, 1.82) is 0 Å². The van der Waals surface area contributed by atoms with Crippen LogP contribution in [0.4, 0.5) is 0 Å². The van der Waals surface area contributed by atoms with E-state index in [-0.39, 0.29) is 18.8 Å². The Hall–Kier alpha value is -1.57. The van der Waals surface area contributed by atoms with Crippen LogP contribution in [0.2, 0.25) is 0 Å². The zero-order chi connectivity index (χ0) is 17.1. The van der Waals surface area contributed by atoms with Gasteiger partial charge in [-0.05, 0) is 12.8 Å². The average molecular weight is 322 g/mol. The van der Waals surface area contributed by atoms with Gasteiger partial charge in [0.2, 0.25) is 0 Å². The summed E-state index contributed by atoms with van der Waals surface area (Å²) in [6.45, 7) is 9.79. The SMILES string of the molecule is CC.Cc1nc(C(C)C)c2ncn(C3CC(O)C(CO)O3)c2n1. The fraction of sp³-hybridized carbons (Fsp3) is 0.688. The highest BCUT2D eigenvalue weighted by Gasteiger charge is 2.35. The van der Waals surface area contributed by atoms with E-state index < -0.39 is 12.2 Å². The van der Waals surface area contributed by atoms with E-state index in [1.165, 1.54) is 0 Å². The van der Waals surface area contributed by atoms with Gasteiger partial charge in [0, 0.05) is 6.42 Å². The fourth-order valence-electron chi connectivity index (χ4n) is 2.72. The number of rotatable bonds is 3. The van der Waals surface area contributed by atoms with E-state index in [2.05, 4.69) is 28.8 Å². The van der Waals surface area contributed by atoms with Gasteiger partial charge < -0.3 is 14.9 Å². The Balaban J connectivity index is 0.000000924. The minimum Gasteiger partial charge on any atom is -0.394 e. The molecule has 3 heterocycles. The lowest BCUT2D eigenvalue weighted by atomic mass is 10.1. The van der Waals surface area contributed by atoms with E-state index in [1.54, 1.807) is 6.33 Å². The van der Waals surface area contributed by atoms with Crippen LogP contribution in [0.25, 0.3) is 11.2 Å². The Bertz CT molecular complexity index is 656. The van der Waals surface area contributed by atoms with Crippen LogP contribution in [-0.4, -0.2) is 48.5 Å². The molecule has 0 radical (unpaired) electrons. The van der Waals surface area contributed by atoms with E-state index in [4.69, 9.17) is 4.74 Å². The highest BCUT2D eigenvalue weighted by Crippen LogP contribution is 2.31. The maximum atomic E-state index is 9.88. The molecule has 1 aliphatic heterocycles. The Morgan fingerprint density at radius 1 is 1.35 bits per heavy atom. The van der Waals surface area contributed by atoms with Gasteiger partial charge in [-0.15, -0.1) is 0 Å². The molecule has 0 amide bonds. The highest BCUT2D eigenvalue weighted by atomic mass is 16.5. The number of aliphatic hydroxyl groups excluding tert-OH is 2. The number of fused-ring (bicyclic) bond motifs is 1. The molecule has 0 bridgehead atoms. The number of hydrogen-bond donors (Lipinski definition) is 2. The van der Waals surface area contributed by atoms with Crippen molar-refractivity contribution in [1.82, 2.24) is 19.5 Å². The molecular weight excluding hydrogens is 296 g/mol. The van der Waals surface area contributed by atoms with Gasteiger partial charge in [0.25, 0.3) is 0 Å². The van der Waals surface area contributed by atoms with Crippen molar-refractivity contribution in [3.63, 3.8) is 0 Å². The molecule has 1 fully saturated rings. The molecule has 3 rings (SSSR count). The molecule has 7 nitrogen and oxygen atoms in total. The van der Waals surface area contributed by atoms with Crippen molar-refractivity contribution in [2.75, 3.05) is 6.61 Å². The normalized spacial score (nSPS) is 24.1. The summed E-state index contributed by atoms with van der Waals surface area (Å²) in [5, 5.41) is 19.1. The van der Waals surface area contributed by atoms with Gasteiger partial charge in [-0.3, -0.25) is 4.57 Å². The number of aliphatic hydroxyl groups is 2. The summed E-state index contributed by atoms with van der Waals surface area (Å²) in [6, 6.07) is 0. The number of aryl methyl sites for hydroxylation is 1. The molecule has 1 aliphatic rings. The van der Waals surface area contributed by atoms with Gasteiger partial charge in [-0.2, -0.15) is 0 Å². The second-order valence-corrected chi connectivity index (χ2v) is 5.75. The van der Waals surface area contributed by atoms with Gasteiger partial charge >= 0.3 is 0 Å². The molecule has 0 spiro atoms. The third-order valence-electron chi connectivity index (χ3n) is 3.80. The zero-order valence-corrected chi connectivity index (χ0v) is 14.4. The molecule has 0 aliphatic carbocycles. The first-order valence-corrected chi connectivity index (χ1v) is 8.16. The third kappa shape index (κ3) is 3.36. The first-order valence-electron chi connectivity index (χ1n) is 8.16. The van der Waals surface area contributed by atoms with Crippen molar-refractivity contribution < 1.29 is 14.9 Å². The Morgan fingerprint density at radius 3 is 2.61 bits per heavy atom. The topological polar surface area (TPSA) is 93.3 Å². The fourth-order valence-corrected chi connectivity index (χ4v) is 2.72. The number of nitrogens with zero attached hydrogens (tertiary/aromatic N) is 4. The van der Waals surface area contributed by atoms with E-state index in [0.717, 1.165) is 11.2 Å². The molecule has 2 N–H and O–H groups in total. The smallest absolute Gasteiger partial charge is 0.165 e. The Kier molecular flexibility index (Phi) is 5.67. The van der Waals surface area contributed by atoms with Crippen LogP contribution >= 0.6 is 0 Å². The maximum absolute atomic E-state index is 9.88. The molecule has 0 aromatic carbocycles. The molecule has 0 saturated carbocycles. The standard InChI is InChI=1S/C14H20N4O3.C2H6/c1-7(2)12-13-14(17-8(3)16-12)18(6-15-13)11-4-9(20)10(5-19)21-11;1-2/h6-7,9-11,19-20H,4-5H2,1-3H3;1-2H3. The van der Waals surface area contributed by atoms with E-state index in [0.29, 0.717) is 17.9 Å². The van der Waals surface area contributed by atoms with Gasteiger partial charge in [-0.25, -0.2) is 15.0 Å². The lowest BCUT2D eigenvalue weighted by molar-refractivity contribution is -0.0432. The lowest BCUT2D eigenvalue weighted by Gasteiger charge is -2.14. The summed E-state index contributed by atoms with van der Waals surface area (Å²) in [5.41, 5.74) is 2.39. The van der Waals surface area contributed by atoms with Crippen molar-refractivity contribution in [2.24, 2.45) is 0 Å². The summed E-state index contributed by atoms with van der Waals surface area (Å²) in [6.07, 6.45) is 0.486. The number of ether oxygens (including phenoxy) is 1. The lowest BCUT2D eigenvalue weighted by Crippen LogP contribution is -2.24. The van der Waals surface area contributed by atoms with Gasteiger partial charge in [0.1, 0.15) is 23.7 Å². The van der Waals surface area contributed by atoms with Gasteiger partial charge in [0.15, 0.2) is 5.65 Å². The first-order chi connectivity index (χ1) is 11.0. The highest BCUT2D eigenvalue weighted by molar-refractivity contribution is 5.74. The second-order valence-electron chi connectivity index (χ2n) is 5.75. The van der Waals surface area contributed by atoms with Crippen LogP contribution in [0.1, 0.15) is 57.8 Å². The van der Waals surface area contributed by atoms with Crippen LogP contribution < -0.4 is 0 Å². The molecule has 23 heavy (non-hydrogen) atoms. The summed E-state index contributed by atoms with van der Waals surface area (Å²) in [5.74, 6) is 0.933. The van der Waals surface area contributed by atoms with Crippen LogP contribution in [0.15, 0.2) is 6.33 Å². The van der Waals surface area contributed by atoms with E-state index >= 15 is 0 Å². The van der Waals surface area contributed by atoms with Crippen LogP contribution in [-0.2, 0) is 4.74 Å². The minimum absolute atomic E-state index is 0.199. The van der Waals surface area contributed by atoms with Gasteiger partial charge in [-0.1, -0.05) is 27.7 Å². The predicted molar refractivity (Wildman–Crippen MR) is 87.1 cm³/mol. The van der Waals surface area contributed by atoms with Crippen molar-refractivity contribution in [2.45, 2.75) is 65.4 Å². The predicted octanol–water partition coefficient (Wildman–Crippen LogP) is 1.93. The quantitative estimate of drug-likeness (QED) is 0.897. The third-order valence-corrected chi connectivity index (χ3v) is 3.80. The van der Waals surface area contributed by atoms with Crippen LogP contribution in [0, 0.1) is 6.92 Å². The number of hydrogen-bond acceptors (Lipinski definition) is 6. The molecule has 3 atom stereocenters. The van der Waals surface area contributed by atoms with E-state index in [9.17, 15) is 10.2 Å². The molecule has 2 aromatic rings. The number of imidazole rings is 1. The van der Waals surface area contributed by atoms with Crippen molar-refractivity contribution in [3.05, 3.63) is 17.8 Å². The second kappa shape index (κ2) is 7.33. The van der Waals surface area contributed by atoms with Crippen molar-refractivity contribution >= 4 is 11.2 Å².